The summed E-state index contributed by atoms with van der Waals surface area (Å²) in [4.78, 5) is 0. The lowest BCUT2D eigenvalue weighted by atomic mass is 11.0. The molecule has 5 heavy (non-hydrogen) atoms. The minimum Gasteiger partial charge on any atom is -0.196 e. The molecule has 1 heteroatoms. The summed E-state index contributed by atoms with van der Waals surface area (Å²) in [5, 5.41) is 2.19. The second-order valence-electron chi connectivity index (χ2n) is 1.12. The highest BCUT2D eigenvalue weighted by Gasteiger charge is 1.56. The van der Waals surface area contributed by atoms with Crippen molar-refractivity contribution in [3.8, 4) is 0 Å². The summed E-state index contributed by atoms with van der Waals surface area (Å²) in [6, 6.07) is 0. The summed E-state index contributed by atoms with van der Waals surface area (Å²) in [5.74, 6) is 0. The van der Waals surface area contributed by atoms with Crippen LogP contribution in [-0.2, 0) is 0 Å². The molecule has 0 nitrogen and oxygen atoms in total. The van der Waals surface area contributed by atoms with Gasteiger partial charge in [-0.15, -0.1) is 0 Å². The lowest BCUT2D eigenvalue weighted by Crippen LogP contribution is -1.55. The van der Waals surface area contributed by atoms with E-state index < -0.39 is 0 Å². The van der Waals surface area contributed by atoms with Gasteiger partial charge in [0.1, 0.15) is 0 Å². The van der Waals surface area contributed by atoms with Gasteiger partial charge in [0.2, 0.25) is 0 Å². The Balaban J connectivity index is 3.14. The molecule has 0 aliphatic rings. The van der Waals surface area contributed by atoms with Crippen LogP contribution in [0.3, 0.4) is 0 Å². The van der Waals surface area contributed by atoms with Gasteiger partial charge in [-0.3, -0.25) is 0 Å². The zero-order valence-electron chi connectivity index (χ0n) is 3.99. The van der Waals surface area contributed by atoms with Crippen molar-refractivity contribution >= 4 is 15.9 Å². The summed E-state index contributed by atoms with van der Waals surface area (Å²) >= 11 is 0. The van der Waals surface area contributed by atoms with Crippen LogP contribution < -0.4 is 0 Å². The molecule has 0 aromatic rings. The van der Waals surface area contributed by atoms with Gasteiger partial charge in [-0.25, -0.2) is 0 Å². The predicted molar refractivity (Wildman–Crippen MR) is 31.2 cm³/mol. The number of hydrogen-bond donors (Lipinski definition) is 0. The van der Waals surface area contributed by atoms with Crippen LogP contribution in [0.5, 0.6) is 0 Å². The van der Waals surface area contributed by atoms with Crippen LogP contribution in [0.15, 0.2) is 0 Å². The van der Waals surface area contributed by atoms with Crippen molar-refractivity contribution in [3.63, 3.8) is 0 Å². The van der Waals surface area contributed by atoms with Crippen molar-refractivity contribution in [1.82, 2.24) is 0 Å². The fourth-order valence-corrected chi connectivity index (χ4v) is 0. The van der Waals surface area contributed by atoms with Crippen molar-refractivity contribution in [2.75, 3.05) is 12.5 Å². The molecule has 0 fully saturated rings. The van der Waals surface area contributed by atoms with Crippen molar-refractivity contribution in [2.45, 2.75) is 6.92 Å². The quantitative estimate of drug-likeness (QED) is 0.394. The van der Waals surface area contributed by atoms with Gasteiger partial charge < -0.3 is 0 Å². The highest BCUT2D eigenvalue weighted by molar-refractivity contribution is 8.13. The van der Waals surface area contributed by atoms with Gasteiger partial charge in [-0.1, -0.05) is 5.37 Å². The molecule has 0 rings (SSSR count). The van der Waals surface area contributed by atoms with E-state index in [0.717, 1.165) is 0 Å². The van der Waals surface area contributed by atoms with E-state index in [1.165, 1.54) is 0 Å². The molecule has 0 aliphatic heterocycles. The Labute approximate surface area is 36.1 Å². The van der Waals surface area contributed by atoms with Crippen LogP contribution in [0.4, 0.5) is 0 Å². The second-order valence-corrected chi connectivity index (χ2v) is 3.35. The Kier molecular flexibility index (Phi) is 2.57. The molecule has 0 unspecified atom stereocenters. The fourth-order valence-electron chi connectivity index (χ4n) is 0. The van der Waals surface area contributed by atoms with E-state index in [1.54, 1.807) is 0 Å². The van der Waals surface area contributed by atoms with Crippen LogP contribution in [0.2, 0.25) is 0 Å². The van der Waals surface area contributed by atoms with E-state index in [9.17, 15) is 0 Å². The van der Waals surface area contributed by atoms with E-state index in [-0.39, 0.29) is 0 Å². The van der Waals surface area contributed by atoms with Gasteiger partial charge in [-0.2, -0.15) is 10.5 Å². The third-order valence-corrected chi connectivity index (χ3v) is 1.41. The highest BCUT2D eigenvalue weighted by Crippen LogP contribution is 1.91. The maximum Gasteiger partial charge on any atom is -0.0239 e. The molecule has 0 aliphatic carbocycles. The van der Waals surface area contributed by atoms with Crippen molar-refractivity contribution in [3.05, 3.63) is 0 Å². The van der Waals surface area contributed by atoms with Gasteiger partial charge in [-0.05, 0) is 19.4 Å². The van der Waals surface area contributed by atoms with E-state index in [0.29, 0.717) is 10.5 Å². The van der Waals surface area contributed by atoms with Gasteiger partial charge in [0, 0.05) is 0 Å². The summed E-state index contributed by atoms with van der Waals surface area (Å²) in [5.41, 5.74) is 0. The zero-order valence-corrected chi connectivity index (χ0v) is 4.80. The van der Waals surface area contributed by atoms with E-state index in [4.69, 9.17) is 0 Å². The molecular formula is C4H10S. The molecule has 0 bridgehead atoms. The smallest absolute Gasteiger partial charge is 0.0239 e. The maximum atomic E-state index is 2.19. The van der Waals surface area contributed by atoms with Crippen LogP contribution >= 0.6 is 10.5 Å². The molecule has 0 aromatic heterocycles. The second kappa shape index (κ2) is 2.46. The molecule has 0 N–H and O–H groups in total. The summed E-state index contributed by atoms with van der Waals surface area (Å²) in [6.45, 7) is 2.09. The first-order valence-electron chi connectivity index (χ1n) is 1.63. The lowest BCUT2D eigenvalue weighted by Gasteiger charge is -1.78. The Morgan fingerprint density at radius 2 is 1.60 bits per heavy atom. The molecule has 0 atom stereocenters. The van der Waals surface area contributed by atoms with Crippen LogP contribution in [0.1, 0.15) is 6.92 Å². The Hall–Kier alpha value is 0.220. The van der Waals surface area contributed by atoms with Crippen LogP contribution in [-0.4, -0.2) is 17.9 Å². The zero-order chi connectivity index (χ0) is 4.28. The van der Waals surface area contributed by atoms with Crippen molar-refractivity contribution in [2.24, 2.45) is 0 Å². The normalized spacial score (nSPS) is 8.80. The van der Waals surface area contributed by atoms with Crippen molar-refractivity contribution < 1.29 is 0 Å². The van der Waals surface area contributed by atoms with Crippen LogP contribution in [0.25, 0.3) is 0 Å². The van der Waals surface area contributed by atoms with Gasteiger partial charge >= 0.3 is 0 Å². The molecule has 32 valence electrons. The van der Waals surface area contributed by atoms with Gasteiger partial charge in [0.15, 0.2) is 0 Å². The summed E-state index contributed by atoms with van der Waals surface area (Å²) in [6.07, 6.45) is 4.39. The monoisotopic (exact) mass is 90.1 g/mol. The standard InChI is InChI=1S/C4H10S/c1-4-5(2)3/h4H,1-3H3. The van der Waals surface area contributed by atoms with Gasteiger partial charge in [0.25, 0.3) is 0 Å². The first-order valence-corrected chi connectivity index (χ1v) is 3.73. The van der Waals surface area contributed by atoms with Crippen molar-refractivity contribution in [1.29, 1.82) is 0 Å². The Morgan fingerprint density at radius 3 is 1.60 bits per heavy atom. The molecule has 0 aromatic carbocycles. The number of rotatable bonds is 0. The molecule has 0 saturated heterocycles. The third-order valence-electron chi connectivity index (χ3n) is 0.471. The first-order chi connectivity index (χ1) is 2.27. The molecule has 0 radical (unpaired) electrons. The topological polar surface area (TPSA) is 0 Å². The number of hydrogen-bond acceptors (Lipinski definition) is 0. The predicted octanol–water partition coefficient (Wildman–Crippen LogP) is 1.34. The Morgan fingerprint density at radius 1 is 1.40 bits per heavy atom. The minimum atomic E-state index is 0.552. The molecule has 0 spiro atoms. The first kappa shape index (κ1) is 5.22. The fraction of sp³-hybridized carbons (Fsp3) is 0.750. The molecule has 0 saturated carbocycles. The molecule has 0 heterocycles. The Bertz CT molecular complexity index is 41.6. The SMILES string of the molecule is CC=S(C)C. The summed E-state index contributed by atoms with van der Waals surface area (Å²) in [7, 11) is 0.552. The average molecular weight is 90.2 g/mol. The van der Waals surface area contributed by atoms with E-state index >= 15 is 0 Å². The van der Waals surface area contributed by atoms with Gasteiger partial charge in [0.05, 0.1) is 0 Å². The highest BCUT2D eigenvalue weighted by atomic mass is 32.2. The van der Waals surface area contributed by atoms with Crippen LogP contribution in [0, 0.1) is 0 Å². The van der Waals surface area contributed by atoms with E-state index in [2.05, 4.69) is 24.8 Å². The average Bonchev–Trinajstić information content (AvgIpc) is 1.38. The maximum absolute atomic E-state index is 2.19. The largest absolute Gasteiger partial charge is 0.196 e. The van der Waals surface area contributed by atoms with E-state index in [1.807, 2.05) is 0 Å². The lowest BCUT2D eigenvalue weighted by molar-refractivity contribution is 2.13. The molecule has 0 amide bonds. The third kappa shape index (κ3) is 4.22. The minimum absolute atomic E-state index is 0.552. The molecular weight excluding hydrogens is 80.1 g/mol. The summed E-state index contributed by atoms with van der Waals surface area (Å²) < 4.78 is 0.